The van der Waals surface area contributed by atoms with E-state index in [4.69, 9.17) is 9.47 Å². The quantitative estimate of drug-likeness (QED) is 0.733. The summed E-state index contributed by atoms with van der Waals surface area (Å²) in [5, 5.41) is 1.26. The molecule has 0 spiro atoms. The second-order valence-electron chi connectivity index (χ2n) is 6.88. The summed E-state index contributed by atoms with van der Waals surface area (Å²) in [6.45, 7) is 3.01. The number of para-hydroxylation sites is 3. The van der Waals surface area contributed by atoms with Crippen LogP contribution in [0.2, 0.25) is 0 Å². The summed E-state index contributed by atoms with van der Waals surface area (Å²) in [6, 6.07) is 15.8. The molecule has 0 radical (unpaired) electrons. The van der Waals surface area contributed by atoms with Gasteiger partial charge >= 0.3 is 0 Å². The van der Waals surface area contributed by atoms with Crippen molar-refractivity contribution in [1.29, 1.82) is 0 Å². The Hall–Kier alpha value is -2.95. The fourth-order valence-electron chi connectivity index (χ4n) is 4.06. The number of ether oxygens (including phenoxy) is 2. The summed E-state index contributed by atoms with van der Waals surface area (Å²) < 4.78 is 11.6. The molecule has 3 heterocycles. The van der Waals surface area contributed by atoms with Crippen molar-refractivity contribution in [2.24, 2.45) is 0 Å². The number of aromatic nitrogens is 1. The van der Waals surface area contributed by atoms with Gasteiger partial charge in [0.2, 0.25) is 6.10 Å². The fourth-order valence-corrected chi connectivity index (χ4v) is 4.06. The number of H-pyrrole nitrogens is 1. The predicted molar refractivity (Wildman–Crippen MR) is 98.5 cm³/mol. The summed E-state index contributed by atoms with van der Waals surface area (Å²) in [5.74, 6) is 1.31. The molecule has 26 heavy (non-hydrogen) atoms. The molecule has 3 aromatic rings. The first-order valence-corrected chi connectivity index (χ1v) is 9.01. The molecule has 0 bridgehead atoms. The Labute approximate surface area is 151 Å². The van der Waals surface area contributed by atoms with Crippen molar-refractivity contribution in [2.45, 2.75) is 25.5 Å². The molecule has 0 saturated heterocycles. The van der Waals surface area contributed by atoms with E-state index in [1.165, 1.54) is 10.9 Å². The van der Waals surface area contributed by atoms with Gasteiger partial charge in [-0.05, 0) is 37.1 Å². The van der Waals surface area contributed by atoms with Gasteiger partial charge in [-0.15, -0.1) is 0 Å². The molecule has 2 aliphatic heterocycles. The number of benzene rings is 2. The molecule has 1 aromatic heterocycles. The third-order valence-corrected chi connectivity index (χ3v) is 5.40. The minimum atomic E-state index is -0.599. The topological polar surface area (TPSA) is 54.6 Å². The van der Waals surface area contributed by atoms with Gasteiger partial charge in [-0.3, -0.25) is 4.79 Å². The van der Waals surface area contributed by atoms with Crippen LogP contribution in [0.5, 0.6) is 11.5 Å². The van der Waals surface area contributed by atoms with Crippen LogP contribution in [-0.4, -0.2) is 35.0 Å². The van der Waals surface area contributed by atoms with Gasteiger partial charge in [-0.2, -0.15) is 0 Å². The zero-order valence-corrected chi connectivity index (χ0v) is 14.6. The van der Waals surface area contributed by atoms with E-state index in [-0.39, 0.29) is 18.6 Å². The number of nitrogens with zero attached hydrogens (tertiary/aromatic N) is 1. The van der Waals surface area contributed by atoms with E-state index in [9.17, 15) is 4.79 Å². The second kappa shape index (κ2) is 5.80. The van der Waals surface area contributed by atoms with Crippen molar-refractivity contribution in [3.8, 4) is 11.5 Å². The molecule has 0 unspecified atom stereocenters. The first kappa shape index (κ1) is 15.3. The molecule has 5 nitrogen and oxygen atoms in total. The van der Waals surface area contributed by atoms with Gasteiger partial charge in [-0.25, -0.2) is 0 Å². The maximum absolute atomic E-state index is 13.1. The number of aromatic amines is 1. The second-order valence-corrected chi connectivity index (χ2v) is 6.88. The Balaban J connectivity index is 1.42. The standard InChI is InChI=1S/C21H20N2O3/c1-13-20-15(14-6-2-3-7-16(14)22-20)10-11-23(13)21(24)19-12-25-17-8-4-5-9-18(17)26-19/h2-9,13,19,22H,10-12H2,1H3/t13-,19+/m1/s1. The van der Waals surface area contributed by atoms with Crippen LogP contribution in [0.15, 0.2) is 48.5 Å². The van der Waals surface area contributed by atoms with E-state index in [1.54, 1.807) is 0 Å². The number of carbonyl (C=O) groups excluding carboxylic acids is 1. The van der Waals surface area contributed by atoms with E-state index in [2.05, 4.69) is 30.1 Å². The molecule has 2 atom stereocenters. The molecular weight excluding hydrogens is 328 g/mol. The monoisotopic (exact) mass is 348 g/mol. The molecule has 1 amide bonds. The van der Waals surface area contributed by atoms with Crippen LogP contribution >= 0.6 is 0 Å². The maximum Gasteiger partial charge on any atom is 0.267 e. The summed E-state index contributed by atoms with van der Waals surface area (Å²) in [6.07, 6.45) is 0.248. The van der Waals surface area contributed by atoms with Crippen molar-refractivity contribution in [3.05, 3.63) is 59.8 Å². The van der Waals surface area contributed by atoms with Crippen LogP contribution in [0.1, 0.15) is 24.2 Å². The summed E-state index contributed by atoms with van der Waals surface area (Å²) >= 11 is 0. The van der Waals surface area contributed by atoms with Crippen molar-refractivity contribution in [3.63, 3.8) is 0 Å². The molecule has 5 rings (SSSR count). The van der Waals surface area contributed by atoms with Gasteiger partial charge in [0.1, 0.15) is 6.61 Å². The average Bonchev–Trinajstić information content (AvgIpc) is 3.07. The third-order valence-electron chi connectivity index (χ3n) is 5.40. The fraction of sp³-hybridized carbons (Fsp3) is 0.286. The van der Waals surface area contributed by atoms with Crippen molar-refractivity contribution >= 4 is 16.8 Å². The highest BCUT2D eigenvalue weighted by Gasteiger charge is 2.36. The Morgan fingerprint density at radius 1 is 1.12 bits per heavy atom. The Morgan fingerprint density at radius 2 is 1.88 bits per heavy atom. The zero-order valence-electron chi connectivity index (χ0n) is 14.6. The minimum Gasteiger partial charge on any atom is -0.485 e. The largest absolute Gasteiger partial charge is 0.485 e. The number of rotatable bonds is 1. The highest BCUT2D eigenvalue weighted by molar-refractivity contribution is 5.87. The lowest BCUT2D eigenvalue weighted by atomic mass is 9.97. The highest BCUT2D eigenvalue weighted by Crippen LogP contribution is 2.36. The number of hydrogen-bond acceptors (Lipinski definition) is 3. The summed E-state index contributed by atoms with van der Waals surface area (Å²) in [7, 11) is 0. The number of carbonyl (C=O) groups is 1. The van der Waals surface area contributed by atoms with Crippen molar-refractivity contribution < 1.29 is 14.3 Å². The first-order valence-electron chi connectivity index (χ1n) is 9.01. The normalized spacial score (nSPS) is 21.5. The zero-order chi connectivity index (χ0) is 17.7. The molecule has 1 N–H and O–H groups in total. The first-order chi connectivity index (χ1) is 12.7. The van der Waals surface area contributed by atoms with Gasteiger partial charge in [0.15, 0.2) is 11.5 Å². The number of amides is 1. The van der Waals surface area contributed by atoms with Gasteiger partial charge < -0.3 is 19.4 Å². The molecular formula is C21H20N2O3. The van der Waals surface area contributed by atoms with Gasteiger partial charge in [-0.1, -0.05) is 30.3 Å². The van der Waals surface area contributed by atoms with Gasteiger partial charge in [0.05, 0.1) is 6.04 Å². The molecule has 0 aliphatic carbocycles. The number of hydrogen-bond donors (Lipinski definition) is 1. The maximum atomic E-state index is 13.1. The van der Waals surface area contributed by atoms with Crippen molar-refractivity contribution in [1.82, 2.24) is 9.88 Å². The number of fused-ring (bicyclic) bond motifs is 4. The van der Waals surface area contributed by atoms with Crippen LogP contribution in [0, 0.1) is 0 Å². The molecule has 0 fully saturated rings. The van der Waals surface area contributed by atoms with E-state index in [1.807, 2.05) is 35.2 Å². The lowest BCUT2D eigenvalue weighted by Crippen LogP contribution is -2.49. The Kier molecular flexibility index (Phi) is 3.42. The van der Waals surface area contributed by atoms with E-state index < -0.39 is 6.10 Å². The lowest BCUT2D eigenvalue weighted by Gasteiger charge is -2.37. The lowest BCUT2D eigenvalue weighted by molar-refractivity contribution is -0.144. The smallest absolute Gasteiger partial charge is 0.267 e. The van der Waals surface area contributed by atoms with Crippen LogP contribution in [0.4, 0.5) is 0 Å². The Morgan fingerprint density at radius 3 is 2.77 bits per heavy atom. The summed E-state index contributed by atoms with van der Waals surface area (Å²) in [5.41, 5.74) is 3.58. The van der Waals surface area contributed by atoms with Crippen LogP contribution < -0.4 is 9.47 Å². The average molecular weight is 348 g/mol. The van der Waals surface area contributed by atoms with Crippen LogP contribution in [0.3, 0.4) is 0 Å². The molecule has 2 aliphatic rings. The summed E-state index contributed by atoms with van der Waals surface area (Å²) in [4.78, 5) is 18.5. The molecule has 132 valence electrons. The SMILES string of the molecule is C[C@@H]1c2[nH]c3ccccc3c2CCN1C(=O)[C@@H]1COc2ccccc2O1. The van der Waals surface area contributed by atoms with E-state index in [0.29, 0.717) is 18.0 Å². The predicted octanol–water partition coefficient (Wildman–Crippen LogP) is 3.45. The van der Waals surface area contributed by atoms with Crippen molar-refractivity contribution in [2.75, 3.05) is 13.2 Å². The third kappa shape index (κ3) is 2.27. The number of nitrogens with one attached hydrogen (secondary N) is 1. The Bertz CT molecular complexity index is 994. The molecule has 2 aromatic carbocycles. The van der Waals surface area contributed by atoms with Crippen LogP contribution in [0.25, 0.3) is 10.9 Å². The minimum absolute atomic E-state index is 0.0144. The van der Waals surface area contributed by atoms with Crippen LogP contribution in [-0.2, 0) is 11.2 Å². The molecule has 5 heteroatoms. The van der Waals surface area contributed by atoms with Gasteiger partial charge in [0.25, 0.3) is 5.91 Å². The molecule has 0 saturated carbocycles. The highest BCUT2D eigenvalue weighted by atomic mass is 16.6. The van der Waals surface area contributed by atoms with E-state index >= 15 is 0 Å². The van der Waals surface area contributed by atoms with E-state index in [0.717, 1.165) is 17.6 Å². The van der Waals surface area contributed by atoms with Gasteiger partial charge in [0, 0.05) is 23.1 Å².